The van der Waals surface area contributed by atoms with Gasteiger partial charge in [-0.25, -0.2) is 4.79 Å². The van der Waals surface area contributed by atoms with Gasteiger partial charge in [-0.05, 0) is 44.9 Å². The van der Waals surface area contributed by atoms with Gasteiger partial charge in [-0.3, -0.25) is 9.59 Å². The molecule has 1 aromatic carbocycles. The number of nitrogens with one attached hydrogen (secondary N) is 2. The van der Waals surface area contributed by atoms with Crippen LogP contribution < -0.4 is 5.32 Å². The first-order valence-electron chi connectivity index (χ1n) is 10.4. The van der Waals surface area contributed by atoms with E-state index in [4.69, 9.17) is 4.74 Å². The third kappa shape index (κ3) is 4.64. The molecule has 0 fully saturated rings. The minimum absolute atomic E-state index is 0.141. The Bertz CT molecular complexity index is 1110. The third-order valence-corrected chi connectivity index (χ3v) is 6.35. The van der Waals surface area contributed by atoms with Crippen LogP contribution in [-0.2, 0) is 16.0 Å². The number of thiophene rings is 1. The molecule has 8 heteroatoms. The van der Waals surface area contributed by atoms with E-state index in [1.807, 2.05) is 44.3 Å². The Hall–Kier alpha value is -3.13. The van der Waals surface area contributed by atoms with Crippen molar-refractivity contribution < 1.29 is 19.1 Å². The Balaban J connectivity index is 1.91. The number of hydrogen-bond acceptors (Lipinski definition) is 5. The first-order valence-corrected chi connectivity index (χ1v) is 11.2. The average Bonchev–Trinajstić information content (AvgIpc) is 3.30. The van der Waals surface area contributed by atoms with Crippen molar-refractivity contribution in [1.82, 2.24) is 9.88 Å². The summed E-state index contributed by atoms with van der Waals surface area (Å²) < 4.78 is 5.19. The van der Waals surface area contributed by atoms with Crippen LogP contribution in [0.1, 0.15) is 51.9 Å². The molecule has 0 unspecified atom stereocenters. The van der Waals surface area contributed by atoms with Crippen LogP contribution in [0.25, 0.3) is 10.9 Å². The zero-order valence-corrected chi connectivity index (χ0v) is 19.0. The number of esters is 1. The fourth-order valence-electron chi connectivity index (χ4n) is 3.53. The number of carbonyl (C=O) groups is 3. The van der Waals surface area contributed by atoms with Crippen LogP contribution in [0.15, 0.2) is 30.5 Å². The van der Waals surface area contributed by atoms with Gasteiger partial charge in [-0.15, -0.1) is 11.3 Å². The van der Waals surface area contributed by atoms with Crippen molar-refractivity contribution in [2.45, 2.75) is 34.1 Å². The predicted octanol–water partition coefficient (Wildman–Crippen LogP) is 4.38. The quantitative estimate of drug-likeness (QED) is 0.508. The molecule has 2 heterocycles. The molecule has 3 rings (SSSR count). The van der Waals surface area contributed by atoms with Gasteiger partial charge in [-0.2, -0.15) is 0 Å². The summed E-state index contributed by atoms with van der Waals surface area (Å²) in [5.74, 6) is -0.967. The van der Waals surface area contributed by atoms with Gasteiger partial charge in [0.15, 0.2) is 0 Å². The number of nitrogens with zero attached hydrogens (tertiary/aromatic N) is 1. The summed E-state index contributed by atoms with van der Waals surface area (Å²) in [4.78, 5) is 43.6. The number of ether oxygens (including phenoxy) is 1. The number of para-hydroxylation sites is 1. The SMILES string of the molecule is CCOC(=O)c1c(NC(=O)Cc2c[nH]c3ccccc23)sc(C(=O)N(CC)CC)c1C. The van der Waals surface area contributed by atoms with Crippen molar-refractivity contribution in [1.29, 1.82) is 0 Å². The highest BCUT2D eigenvalue weighted by atomic mass is 32.1. The number of aromatic amines is 1. The smallest absolute Gasteiger partial charge is 0.341 e. The van der Waals surface area contributed by atoms with Gasteiger partial charge < -0.3 is 19.9 Å². The van der Waals surface area contributed by atoms with Crippen molar-refractivity contribution in [3.05, 3.63) is 52.0 Å². The van der Waals surface area contributed by atoms with E-state index < -0.39 is 5.97 Å². The maximum atomic E-state index is 12.9. The second-order valence-electron chi connectivity index (χ2n) is 7.04. The van der Waals surface area contributed by atoms with Gasteiger partial charge in [0, 0.05) is 30.2 Å². The molecular weight excluding hydrogens is 414 g/mol. The molecule has 2 amide bonds. The van der Waals surface area contributed by atoms with Crippen LogP contribution in [0.2, 0.25) is 0 Å². The van der Waals surface area contributed by atoms with E-state index in [-0.39, 0.29) is 30.4 Å². The minimum atomic E-state index is -0.544. The summed E-state index contributed by atoms with van der Waals surface area (Å²) in [5, 5.41) is 4.16. The van der Waals surface area contributed by atoms with E-state index in [2.05, 4.69) is 10.3 Å². The average molecular weight is 442 g/mol. The topological polar surface area (TPSA) is 91.5 Å². The van der Waals surface area contributed by atoms with E-state index in [0.29, 0.717) is 28.5 Å². The number of hydrogen-bond donors (Lipinski definition) is 2. The lowest BCUT2D eigenvalue weighted by Crippen LogP contribution is -2.30. The van der Waals surface area contributed by atoms with E-state index in [9.17, 15) is 14.4 Å². The Labute approximate surface area is 185 Å². The molecule has 0 saturated heterocycles. The Kier molecular flexibility index (Phi) is 7.12. The molecule has 164 valence electrons. The lowest BCUT2D eigenvalue weighted by Gasteiger charge is -2.18. The fourth-order valence-corrected chi connectivity index (χ4v) is 4.71. The number of anilines is 1. The second-order valence-corrected chi connectivity index (χ2v) is 8.06. The number of H-pyrrole nitrogens is 1. The Morgan fingerprint density at radius 3 is 2.52 bits per heavy atom. The Morgan fingerprint density at radius 1 is 1.13 bits per heavy atom. The molecular formula is C23H27N3O4S. The standard InChI is InChI=1S/C23H27N3O4S/c1-5-26(6-2)22(28)20-14(4)19(23(29)30-7-3)21(31-20)25-18(27)12-15-13-24-17-11-9-8-10-16(15)17/h8-11,13,24H,5-7,12H2,1-4H3,(H,25,27). The summed E-state index contributed by atoms with van der Waals surface area (Å²) >= 11 is 1.12. The maximum absolute atomic E-state index is 12.9. The molecule has 2 aromatic heterocycles. The number of amides is 2. The molecule has 0 spiro atoms. The van der Waals surface area contributed by atoms with E-state index in [1.54, 1.807) is 18.7 Å². The molecule has 0 saturated carbocycles. The molecule has 0 radical (unpaired) electrons. The van der Waals surface area contributed by atoms with Crippen LogP contribution in [0, 0.1) is 6.92 Å². The van der Waals surface area contributed by atoms with E-state index in [0.717, 1.165) is 27.8 Å². The van der Waals surface area contributed by atoms with Crippen LogP contribution in [-0.4, -0.2) is 47.4 Å². The normalized spacial score (nSPS) is 10.8. The number of aromatic nitrogens is 1. The molecule has 0 bridgehead atoms. The van der Waals surface area contributed by atoms with E-state index in [1.165, 1.54) is 0 Å². The van der Waals surface area contributed by atoms with Gasteiger partial charge >= 0.3 is 5.97 Å². The van der Waals surface area contributed by atoms with Crippen molar-refractivity contribution in [3.8, 4) is 0 Å². The minimum Gasteiger partial charge on any atom is -0.462 e. The van der Waals surface area contributed by atoms with Crippen LogP contribution >= 0.6 is 11.3 Å². The van der Waals surface area contributed by atoms with E-state index >= 15 is 0 Å². The molecule has 3 aromatic rings. The number of benzene rings is 1. The zero-order chi connectivity index (χ0) is 22.5. The highest BCUT2D eigenvalue weighted by molar-refractivity contribution is 7.18. The van der Waals surface area contributed by atoms with Gasteiger partial charge in [0.1, 0.15) is 5.00 Å². The molecule has 0 aliphatic rings. The molecule has 2 N–H and O–H groups in total. The zero-order valence-electron chi connectivity index (χ0n) is 18.2. The second kappa shape index (κ2) is 9.78. The van der Waals surface area contributed by atoms with Crippen LogP contribution in [0.5, 0.6) is 0 Å². The van der Waals surface area contributed by atoms with Crippen molar-refractivity contribution in [2.24, 2.45) is 0 Å². The Morgan fingerprint density at radius 2 is 1.84 bits per heavy atom. The van der Waals surface area contributed by atoms with Crippen LogP contribution in [0.4, 0.5) is 5.00 Å². The number of rotatable bonds is 8. The number of fused-ring (bicyclic) bond motifs is 1. The van der Waals surface area contributed by atoms with Crippen molar-refractivity contribution in [2.75, 3.05) is 25.0 Å². The lowest BCUT2D eigenvalue weighted by molar-refractivity contribution is -0.115. The van der Waals surface area contributed by atoms with Crippen LogP contribution in [0.3, 0.4) is 0 Å². The summed E-state index contributed by atoms with van der Waals surface area (Å²) in [6.07, 6.45) is 1.95. The highest BCUT2D eigenvalue weighted by Gasteiger charge is 2.28. The molecule has 0 aliphatic heterocycles. The van der Waals surface area contributed by atoms with Gasteiger partial charge in [0.25, 0.3) is 5.91 Å². The van der Waals surface area contributed by atoms with Gasteiger partial charge in [0.2, 0.25) is 5.91 Å². The van der Waals surface area contributed by atoms with Crippen molar-refractivity contribution >= 4 is 45.0 Å². The third-order valence-electron chi connectivity index (χ3n) is 5.15. The number of carbonyl (C=O) groups excluding carboxylic acids is 3. The largest absolute Gasteiger partial charge is 0.462 e. The van der Waals surface area contributed by atoms with Crippen molar-refractivity contribution in [3.63, 3.8) is 0 Å². The van der Waals surface area contributed by atoms with Gasteiger partial charge in [0.05, 0.1) is 23.5 Å². The summed E-state index contributed by atoms with van der Waals surface area (Å²) in [6.45, 7) is 8.57. The molecule has 0 atom stereocenters. The first kappa shape index (κ1) is 22.6. The first-order chi connectivity index (χ1) is 14.9. The molecule has 0 aliphatic carbocycles. The fraction of sp³-hybridized carbons (Fsp3) is 0.348. The summed E-state index contributed by atoms with van der Waals surface area (Å²) in [5.41, 5.74) is 2.59. The maximum Gasteiger partial charge on any atom is 0.341 e. The highest BCUT2D eigenvalue weighted by Crippen LogP contribution is 2.35. The summed E-state index contributed by atoms with van der Waals surface area (Å²) in [6, 6.07) is 7.75. The lowest BCUT2D eigenvalue weighted by atomic mass is 10.1. The monoisotopic (exact) mass is 441 g/mol. The predicted molar refractivity (Wildman–Crippen MR) is 123 cm³/mol. The summed E-state index contributed by atoms with van der Waals surface area (Å²) in [7, 11) is 0. The van der Waals surface area contributed by atoms with Gasteiger partial charge in [-0.1, -0.05) is 18.2 Å². The molecule has 31 heavy (non-hydrogen) atoms. The molecule has 7 nitrogen and oxygen atoms in total.